The lowest BCUT2D eigenvalue weighted by molar-refractivity contribution is 0.177. The first-order valence-electron chi connectivity index (χ1n) is 4.90. The summed E-state index contributed by atoms with van der Waals surface area (Å²) in [6, 6.07) is 0. The molecule has 1 N–H and O–H groups in total. The minimum Gasteiger partial charge on any atom is -0.411 e. The van der Waals surface area contributed by atoms with Gasteiger partial charge in [-0.1, -0.05) is 41.5 Å². The lowest BCUT2D eigenvalue weighted by Crippen LogP contribution is -2.28. The van der Waals surface area contributed by atoms with E-state index in [0.717, 1.165) is 6.42 Å². The van der Waals surface area contributed by atoms with Gasteiger partial charge in [0, 0.05) is 11.6 Å². The van der Waals surface area contributed by atoms with Crippen molar-refractivity contribution in [2.45, 2.75) is 48.0 Å². The summed E-state index contributed by atoms with van der Waals surface area (Å²) >= 11 is 0. The van der Waals surface area contributed by atoms with Crippen LogP contribution in [0.25, 0.3) is 0 Å². The second kappa shape index (κ2) is 4.12. The highest BCUT2D eigenvalue weighted by Crippen LogP contribution is 2.37. The Morgan fingerprint density at radius 3 is 2.00 bits per heavy atom. The second-order valence-electron chi connectivity index (χ2n) is 5.55. The molecule has 0 aliphatic rings. The predicted octanol–water partition coefficient (Wildman–Crippen LogP) is 3.54. The maximum atomic E-state index is 8.51. The van der Waals surface area contributed by atoms with Crippen LogP contribution in [0.5, 0.6) is 0 Å². The fraction of sp³-hybridized carbons (Fsp3) is 0.909. The number of nitrogens with zero attached hydrogens (tertiary/aromatic N) is 1. The van der Waals surface area contributed by atoms with Crippen molar-refractivity contribution in [1.29, 1.82) is 0 Å². The maximum absolute atomic E-state index is 8.51. The van der Waals surface area contributed by atoms with Gasteiger partial charge in [0.25, 0.3) is 0 Å². The molecule has 13 heavy (non-hydrogen) atoms. The van der Waals surface area contributed by atoms with E-state index in [4.69, 9.17) is 5.21 Å². The van der Waals surface area contributed by atoms with Crippen LogP contribution < -0.4 is 0 Å². The zero-order valence-electron chi connectivity index (χ0n) is 9.76. The van der Waals surface area contributed by atoms with Crippen LogP contribution in [0, 0.1) is 16.7 Å². The van der Waals surface area contributed by atoms with Crippen LogP contribution in [-0.2, 0) is 0 Å². The molecule has 0 aromatic rings. The van der Waals surface area contributed by atoms with Crippen molar-refractivity contribution in [3.05, 3.63) is 0 Å². The molecule has 0 unspecified atom stereocenters. The Morgan fingerprint density at radius 1 is 1.23 bits per heavy atom. The molecule has 0 radical (unpaired) electrons. The lowest BCUT2D eigenvalue weighted by atomic mass is 9.70. The Labute approximate surface area is 82.0 Å². The lowest BCUT2D eigenvalue weighted by Gasteiger charge is -2.35. The van der Waals surface area contributed by atoms with Crippen molar-refractivity contribution in [3.8, 4) is 0 Å². The van der Waals surface area contributed by atoms with E-state index in [1.54, 1.807) is 6.21 Å². The summed E-state index contributed by atoms with van der Waals surface area (Å²) in [5, 5.41) is 11.6. The molecule has 0 aliphatic carbocycles. The van der Waals surface area contributed by atoms with Crippen molar-refractivity contribution in [3.63, 3.8) is 0 Å². The number of oxime groups is 1. The molecule has 0 aliphatic heterocycles. The molecule has 0 heterocycles. The third-order valence-corrected chi connectivity index (χ3v) is 2.88. The average molecular weight is 185 g/mol. The molecule has 0 rings (SSSR count). The van der Waals surface area contributed by atoms with Crippen LogP contribution >= 0.6 is 0 Å². The first kappa shape index (κ1) is 12.5. The van der Waals surface area contributed by atoms with Gasteiger partial charge in [-0.3, -0.25) is 0 Å². The van der Waals surface area contributed by atoms with Gasteiger partial charge >= 0.3 is 0 Å². The minimum atomic E-state index is -0.0253. The van der Waals surface area contributed by atoms with Gasteiger partial charge in [-0.25, -0.2) is 0 Å². The summed E-state index contributed by atoms with van der Waals surface area (Å²) in [5.74, 6) is 0.638. The van der Waals surface area contributed by atoms with Crippen molar-refractivity contribution in [2.75, 3.05) is 0 Å². The van der Waals surface area contributed by atoms with E-state index in [0.29, 0.717) is 5.92 Å². The van der Waals surface area contributed by atoms with Gasteiger partial charge in [-0.05, 0) is 17.8 Å². The first-order valence-corrected chi connectivity index (χ1v) is 4.90. The fourth-order valence-electron chi connectivity index (χ4n) is 1.58. The van der Waals surface area contributed by atoms with Crippen LogP contribution in [0.3, 0.4) is 0 Å². The molecule has 0 fully saturated rings. The number of hydrogen-bond donors (Lipinski definition) is 1. The quantitative estimate of drug-likeness (QED) is 0.405. The average Bonchev–Trinajstić information content (AvgIpc) is 1.83. The summed E-state index contributed by atoms with van der Waals surface area (Å²) in [6.45, 7) is 13.2. The third kappa shape index (κ3) is 4.30. The molecule has 78 valence electrons. The highest BCUT2D eigenvalue weighted by atomic mass is 16.4. The molecule has 0 bridgehead atoms. The Morgan fingerprint density at radius 2 is 1.69 bits per heavy atom. The molecule has 0 atom stereocenters. The Hall–Kier alpha value is -0.530. The number of rotatable bonds is 4. The minimum absolute atomic E-state index is 0.0253. The fourth-order valence-corrected chi connectivity index (χ4v) is 1.58. The van der Waals surface area contributed by atoms with E-state index >= 15 is 0 Å². The smallest absolute Gasteiger partial charge is 0.0492 e. The Balaban J connectivity index is 4.42. The monoisotopic (exact) mass is 185 g/mol. The zero-order chi connectivity index (χ0) is 10.7. The van der Waals surface area contributed by atoms with Crippen molar-refractivity contribution in [1.82, 2.24) is 0 Å². The van der Waals surface area contributed by atoms with Crippen LogP contribution in [0.1, 0.15) is 48.0 Å². The van der Waals surface area contributed by atoms with Crippen LogP contribution in [0.4, 0.5) is 0 Å². The van der Waals surface area contributed by atoms with Gasteiger partial charge in [-0.2, -0.15) is 0 Å². The second-order valence-corrected chi connectivity index (χ2v) is 5.55. The maximum Gasteiger partial charge on any atom is 0.0492 e. The van der Waals surface area contributed by atoms with E-state index in [2.05, 4.69) is 46.7 Å². The summed E-state index contributed by atoms with van der Waals surface area (Å²) in [5.41, 5.74) is 0.257. The standard InChI is InChI=1S/C11H23NO/c1-9(2)11(5,6)7-10(3,4)8-12-13/h8-9,13H,7H2,1-6H3. The highest BCUT2D eigenvalue weighted by molar-refractivity contribution is 5.63. The molecule has 0 amide bonds. The Kier molecular flexibility index (Phi) is 3.95. The Bertz CT molecular complexity index is 181. The third-order valence-electron chi connectivity index (χ3n) is 2.88. The highest BCUT2D eigenvalue weighted by Gasteiger charge is 2.30. The van der Waals surface area contributed by atoms with Gasteiger partial charge in [0.2, 0.25) is 0 Å². The molecular weight excluding hydrogens is 162 g/mol. The van der Waals surface area contributed by atoms with E-state index < -0.39 is 0 Å². The molecule has 2 heteroatoms. The molecule has 2 nitrogen and oxygen atoms in total. The molecule has 0 saturated carbocycles. The largest absolute Gasteiger partial charge is 0.411 e. The van der Waals surface area contributed by atoms with E-state index in [-0.39, 0.29) is 10.8 Å². The van der Waals surface area contributed by atoms with Crippen LogP contribution in [-0.4, -0.2) is 11.4 Å². The molecule has 0 aromatic carbocycles. The van der Waals surface area contributed by atoms with E-state index in [9.17, 15) is 0 Å². The summed E-state index contributed by atoms with van der Waals surface area (Å²) in [6.07, 6.45) is 2.65. The van der Waals surface area contributed by atoms with Crippen LogP contribution in [0.15, 0.2) is 5.16 Å². The normalized spacial score (nSPS) is 14.4. The van der Waals surface area contributed by atoms with Crippen molar-refractivity contribution < 1.29 is 5.21 Å². The van der Waals surface area contributed by atoms with Gasteiger partial charge < -0.3 is 5.21 Å². The van der Waals surface area contributed by atoms with E-state index in [1.165, 1.54) is 0 Å². The molecule has 0 aromatic heterocycles. The topological polar surface area (TPSA) is 32.6 Å². The van der Waals surface area contributed by atoms with Crippen molar-refractivity contribution in [2.24, 2.45) is 21.9 Å². The van der Waals surface area contributed by atoms with Crippen LogP contribution in [0.2, 0.25) is 0 Å². The summed E-state index contributed by atoms with van der Waals surface area (Å²) in [7, 11) is 0. The van der Waals surface area contributed by atoms with Gasteiger partial charge in [0.05, 0.1) is 0 Å². The van der Waals surface area contributed by atoms with Gasteiger partial charge in [0.1, 0.15) is 0 Å². The number of hydrogen-bond acceptors (Lipinski definition) is 2. The summed E-state index contributed by atoms with van der Waals surface area (Å²) < 4.78 is 0. The van der Waals surface area contributed by atoms with Gasteiger partial charge in [0.15, 0.2) is 0 Å². The van der Waals surface area contributed by atoms with Crippen molar-refractivity contribution >= 4 is 6.21 Å². The molecular formula is C11H23NO. The SMILES string of the molecule is CC(C)C(C)(C)CC(C)(C)C=NO. The first-order chi connectivity index (χ1) is 5.71. The van der Waals surface area contributed by atoms with E-state index in [1.807, 2.05) is 0 Å². The zero-order valence-corrected chi connectivity index (χ0v) is 9.76. The summed E-state index contributed by atoms with van der Waals surface area (Å²) in [4.78, 5) is 0. The predicted molar refractivity (Wildman–Crippen MR) is 57.3 cm³/mol. The van der Waals surface area contributed by atoms with Gasteiger partial charge in [-0.15, -0.1) is 5.16 Å². The molecule has 0 spiro atoms. The molecule has 0 saturated heterocycles.